The molecule has 0 radical (unpaired) electrons. The van der Waals surface area contributed by atoms with Gasteiger partial charge in [0.25, 0.3) is 0 Å². The van der Waals surface area contributed by atoms with Crippen molar-refractivity contribution in [3.05, 3.63) is 64.3 Å². The Labute approximate surface area is 217 Å². The zero-order chi connectivity index (χ0) is 25.8. The molecule has 0 aliphatic heterocycles. The number of phenolic OH excluding ortho intramolecular Hbond substituents is 1. The Balaban J connectivity index is 1.88. The van der Waals surface area contributed by atoms with E-state index in [1.54, 1.807) is 33.7 Å². The van der Waals surface area contributed by atoms with Crippen molar-refractivity contribution in [1.29, 1.82) is 0 Å². The van der Waals surface area contributed by atoms with E-state index in [1.165, 1.54) is 0 Å². The Morgan fingerprint density at radius 1 is 1.14 bits per heavy atom. The first-order valence-electron chi connectivity index (χ1n) is 11.8. The van der Waals surface area contributed by atoms with Gasteiger partial charge in [-0.05, 0) is 69.3 Å². The molecule has 4 rings (SSSR count). The molecule has 9 heteroatoms. The minimum Gasteiger partial charge on any atom is -0.507 e. The summed E-state index contributed by atoms with van der Waals surface area (Å²) in [5.74, 6) is 0.649. The van der Waals surface area contributed by atoms with Crippen LogP contribution in [0.3, 0.4) is 0 Å². The number of aromatic nitrogens is 3. The monoisotopic (exact) mass is 554 g/mol. The average Bonchev–Trinajstić information content (AvgIpc) is 3.24. The van der Waals surface area contributed by atoms with Gasteiger partial charge in [0.2, 0.25) is 5.91 Å². The van der Waals surface area contributed by atoms with Gasteiger partial charge < -0.3 is 14.7 Å². The summed E-state index contributed by atoms with van der Waals surface area (Å²) in [6.07, 6.45) is 0.126. The summed E-state index contributed by atoms with van der Waals surface area (Å²) in [5, 5.41) is 15.3. The number of ether oxygens (including phenoxy) is 1. The quantitative estimate of drug-likeness (QED) is 0.291. The van der Waals surface area contributed by atoms with Gasteiger partial charge in [-0.2, -0.15) is 5.10 Å². The number of hydrogen-bond acceptors (Lipinski definition) is 5. The van der Waals surface area contributed by atoms with Crippen molar-refractivity contribution in [2.45, 2.75) is 27.2 Å². The second kappa shape index (κ2) is 11.1. The lowest BCUT2D eigenvalue weighted by atomic mass is 10.0. The molecule has 1 N–H and O–H groups in total. The SMILES string of the molecule is CCN(CC)C(=O)Cc1c(-c2ccc(OCCF)cc2)nn2c(C)cc(-c3cc(Br)ccc3O)nc12. The summed E-state index contributed by atoms with van der Waals surface area (Å²) < 4.78 is 20.4. The predicted octanol–water partition coefficient (Wildman–Crippen LogP) is 5.60. The van der Waals surface area contributed by atoms with Crippen LogP contribution < -0.4 is 4.74 Å². The third-order valence-electron chi connectivity index (χ3n) is 6.01. The van der Waals surface area contributed by atoms with Crippen LogP contribution in [0.5, 0.6) is 11.5 Å². The van der Waals surface area contributed by atoms with Gasteiger partial charge in [0.15, 0.2) is 5.65 Å². The molecule has 0 fully saturated rings. The van der Waals surface area contributed by atoms with Crippen molar-refractivity contribution >= 4 is 27.5 Å². The van der Waals surface area contributed by atoms with Gasteiger partial charge in [-0.3, -0.25) is 4.79 Å². The van der Waals surface area contributed by atoms with Gasteiger partial charge in [0.05, 0.1) is 17.8 Å². The number of aryl methyl sites for hydroxylation is 1. The summed E-state index contributed by atoms with van der Waals surface area (Å²) in [6.45, 7) is 6.45. The van der Waals surface area contributed by atoms with E-state index in [0.717, 1.165) is 15.7 Å². The molecule has 0 atom stereocenters. The lowest BCUT2D eigenvalue weighted by Crippen LogP contribution is -2.31. The predicted molar refractivity (Wildman–Crippen MR) is 141 cm³/mol. The van der Waals surface area contributed by atoms with Crippen LogP contribution in [0.2, 0.25) is 0 Å². The number of hydrogen-bond donors (Lipinski definition) is 1. The Kier molecular flexibility index (Phi) is 7.88. The Morgan fingerprint density at radius 2 is 1.86 bits per heavy atom. The zero-order valence-electron chi connectivity index (χ0n) is 20.5. The van der Waals surface area contributed by atoms with E-state index in [1.807, 2.05) is 45.0 Å². The first kappa shape index (κ1) is 25.6. The summed E-state index contributed by atoms with van der Waals surface area (Å²) >= 11 is 3.46. The molecule has 2 aromatic carbocycles. The van der Waals surface area contributed by atoms with Gasteiger partial charge in [-0.25, -0.2) is 13.9 Å². The number of fused-ring (bicyclic) bond motifs is 1. The number of carbonyl (C=O) groups excluding carboxylic acids is 1. The van der Waals surface area contributed by atoms with Crippen molar-refractivity contribution in [2.24, 2.45) is 0 Å². The lowest BCUT2D eigenvalue weighted by Gasteiger charge is -2.18. The summed E-state index contributed by atoms with van der Waals surface area (Å²) in [6, 6.07) is 14.2. The van der Waals surface area contributed by atoms with Gasteiger partial charge in [0.1, 0.15) is 24.8 Å². The van der Waals surface area contributed by atoms with Crippen LogP contribution in [0.4, 0.5) is 4.39 Å². The van der Waals surface area contributed by atoms with E-state index in [2.05, 4.69) is 15.9 Å². The highest BCUT2D eigenvalue weighted by atomic mass is 79.9. The van der Waals surface area contributed by atoms with E-state index < -0.39 is 6.67 Å². The van der Waals surface area contributed by atoms with Crippen molar-refractivity contribution in [2.75, 3.05) is 26.4 Å². The molecule has 0 aliphatic rings. The standard InChI is InChI=1S/C27H28BrFN4O3/c1-4-32(5-2)25(35)16-22-26(18-6-9-20(10-7-18)36-13-12-29)31-33-17(3)14-23(30-27(22)33)21-15-19(28)8-11-24(21)34/h6-11,14-15,34H,4-5,12-13,16H2,1-3H3. The minimum atomic E-state index is -0.563. The van der Waals surface area contributed by atoms with E-state index in [9.17, 15) is 14.3 Å². The number of aromatic hydroxyl groups is 1. The van der Waals surface area contributed by atoms with Crippen LogP contribution in [0.15, 0.2) is 53.0 Å². The fourth-order valence-electron chi connectivity index (χ4n) is 4.16. The van der Waals surface area contributed by atoms with Crippen LogP contribution in [-0.2, 0) is 11.2 Å². The summed E-state index contributed by atoms with van der Waals surface area (Å²) in [7, 11) is 0. The second-order valence-corrected chi connectivity index (χ2v) is 9.23. The molecule has 2 aromatic heterocycles. The topological polar surface area (TPSA) is 80.0 Å². The van der Waals surface area contributed by atoms with Crippen molar-refractivity contribution in [1.82, 2.24) is 19.5 Å². The first-order valence-corrected chi connectivity index (χ1v) is 12.6. The van der Waals surface area contributed by atoms with E-state index >= 15 is 0 Å². The fraction of sp³-hybridized carbons (Fsp3) is 0.296. The molecule has 0 saturated carbocycles. The minimum absolute atomic E-state index is 0.00826. The number of carbonyl (C=O) groups is 1. The molecule has 0 unspecified atom stereocenters. The van der Waals surface area contributed by atoms with Crippen LogP contribution in [0.25, 0.3) is 28.2 Å². The van der Waals surface area contributed by atoms with Crippen LogP contribution in [-0.4, -0.2) is 56.9 Å². The molecule has 36 heavy (non-hydrogen) atoms. The highest BCUT2D eigenvalue weighted by Gasteiger charge is 2.23. The molecule has 7 nitrogen and oxygen atoms in total. The highest BCUT2D eigenvalue weighted by Crippen LogP contribution is 2.34. The van der Waals surface area contributed by atoms with Gasteiger partial charge in [-0.1, -0.05) is 15.9 Å². The molecule has 0 saturated heterocycles. The maximum Gasteiger partial charge on any atom is 0.227 e. The van der Waals surface area contributed by atoms with E-state index in [-0.39, 0.29) is 24.7 Å². The zero-order valence-corrected chi connectivity index (χ0v) is 22.0. The maximum atomic E-state index is 13.2. The fourth-order valence-corrected chi connectivity index (χ4v) is 4.52. The smallest absolute Gasteiger partial charge is 0.227 e. The lowest BCUT2D eigenvalue weighted by molar-refractivity contribution is -0.130. The molecule has 0 bridgehead atoms. The molecular formula is C27H28BrFN4O3. The number of amides is 1. The number of phenols is 1. The third kappa shape index (κ3) is 5.21. The second-order valence-electron chi connectivity index (χ2n) is 8.31. The van der Waals surface area contributed by atoms with Crippen molar-refractivity contribution < 1.29 is 19.0 Å². The maximum absolute atomic E-state index is 13.2. The van der Waals surface area contributed by atoms with E-state index in [4.69, 9.17) is 14.8 Å². The number of nitrogens with zero attached hydrogens (tertiary/aromatic N) is 4. The normalized spacial score (nSPS) is 11.1. The molecule has 2 heterocycles. The van der Waals surface area contributed by atoms with Crippen LogP contribution in [0, 0.1) is 6.92 Å². The highest BCUT2D eigenvalue weighted by molar-refractivity contribution is 9.10. The molecular weight excluding hydrogens is 527 g/mol. The molecule has 0 spiro atoms. The average molecular weight is 555 g/mol. The van der Waals surface area contributed by atoms with E-state index in [0.29, 0.717) is 47.0 Å². The number of halogens is 2. The van der Waals surface area contributed by atoms with Crippen molar-refractivity contribution in [3.8, 4) is 34.0 Å². The van der Waals surface area contributed by atoms with Gasteiger partial charge >= 0.3 is 0 Å². The Bertz CT molecular complexity index is 1380. The van der Waals surface area contributed by atoms with Crippen LogP contribution >= 0.6 is 15.9 Å². The number of rotatable bonds is 9. The Morgan fingerprint density at radius 3 is 2.53 bits per heavy atom. The summed E-state index contributed by atoms with van der Waals surface area (Å²) in [5.41, 5.74) is 4.65. The third-order valence-corrected chi connectivity index (χ3v) is 6.51. The molecule has 0 aliphatic carbocycles. The number of likely N-dealkylation sites (N-methyl/N-ethyl adjacent to an activating group) is 1. The van der Waals surface area contributed by atoms with Gasteiger partial charge in [0, 0.05) is 39.9 Å². The molecule has 1 amide bonds. The first-order chi connectivity index (χ1) is 17.4. The van der Waals surface area contributed by atoms with Crippen molar-refractivity contribution in [3.63, 3.8) is 0 Å². The number of benzene rings is 2. The largest absolute Gasteiger partial charge is 0.507 e. The van der Waals surface area contributed by atoms with Crippen LogP contribution in [0.1, 0.15) is 25.1 Å². The summed E-state index contributed by atoms with van der Waals surface area (Å²) in [4.78, 5) is 19.8. The molecule has 4 aromatic rings. The molecule has 188 valence electrons. The number of alkyl halides is 1. The Hall–Kier alpha value is -3.46. The van der Waals surface area contributed by atoms with Gasteiger partial charge in [-0.15, -0.1) is 0 Å².